The van der Waals surface area contributed by atoms with Crippen molar-refractivity contribution in [2.24, 2.45) is 0 Å². The minimum Gasteiger partial charge on any atom is -0.363 e. The molecule has 0 saturated carbocycles. The number of halogens is 2. The fourth-order valence-corrected chi connectivity index (χ4v) is 2.94. The molecular formula is C13H16ClFN4O2. The van der Waals surface area contributed by atoms with Gasteiger partial charge >= 0.3 is 0 Å². The molecule has 2 saturated heterocycles. The van der Waals surface area contributed by atoms with Gasteiger partial charge in [0.2, 0.25) is 0 Å². The summed E-state index contributed by atoms with van der Waals surface area (Å²) in [5, 5.41) is 14.1. The van der Waals surface area contributed by atoms with Crippen molar-refractivity contribution < 1.29 is 9.31 Å². The molecule has 2 aliphatic heterocycles. The maximum atomic E-state index is 13.6. The zero-order chi connectivity index (χ0) is 15.0. The smallest absolute Gasteiger partial charge is 0.294 e. The fraction of sp³-hybridized carbons (Fsp3) is 0.538. The zero-order valence-corrected chi connectivity index (χ0v) is 12.1. The van der Waals surface area contributed by atoms with Gasteiger partial charge in [-0.25, -0.2) is 4.39 Å². The summed E-state index contributed by atoms with van der Waals surface area (Å²) in [5.41, 5.74) is 0.174. The van der Waals surface area contributed by atoms with Crippen molar-refractivity contribution in [1.82, 2.24) is 10.2 Å². The second-order valence-electron chi connectivity index (χ2n) is 5.35. The molecule has 2 fully saturated rings. The predicted molar refractivity (Wildman–Crippen MR) is 78.5 cm³/mol. The normalized spacial score (nSPS) is 20.4. The van der Waals surface area contributed by atoms with Crippen molar-refractivity contribution in [2.75, 3.05) is 44.2 Å². The molecule has 8 heteroatoms. The fourth-order valence-electron chi connectivity index (χ4n) is 2.78. The van der Waals surface area contributed by atoms with Gasteiger partial charge < -0.3 is 10.2 Å². The molecule has 2 heterocycles. The second-order valence-corrected chi connectivity index (χ2v) is 5.75. The Morgan fingerprint density at radius 2 is 1.95 bits per heavy atom. The number of nitro groups is 1. The summed E-state index contributed by atoms with van der Waals surface area (Å²) in [5.74, 6) is -0.622. The van der Waals surface area contributed by atoms with Gasteiger partial charge in [0, 0.05) is 57.4 Å². The van der Waals surface area contributed by atoms with Crippen LogP contribution in [-0.2, 0) is 0 Å². The molecule has 3 rings (SSSR count). The SMILES string of the molecule is O=[N+]([O-])c1cc(Cl)c(F)cc1N1CCN(C2CNC2)CC1. The van der Waals surface area contributed by atoms with Gasteiger partial charge in [-0.3, -0.25) is 15.0 Å². The van der Waals surface area contributed by atoms with Crippen LogP contribution in [-0.4, -0.2) is 55.1 Å². The van der Waals surface area contributed by atoms with Crippen LogP contribution in [0.2, 0.25) is 5.02 Å². The van der Waals surface area contributed by atoms with Gasteiger partial charge in [-0.2, -0.15) is 0 Å². The molecule has 1 aromatic carbocycles. The lowest BCUT2D eigenvalue weighted by molar-refractivity contribution is -0.384. The third kappa shape index (κ3) is 2.81. The Labute approximate surface area is 126 Å². The number of nitro benzene ring substituents is 1. The van der Waals surface area contributed by atoms with Crippen LogP contribution in [0.5, 0.6) is 0 Å². The van der Waals surface area contributed by atoms with E-state index in [0.29, 0.717) is 24.8 Å². The monoisotopic (exact) mass is 314 g/mol. The van der Waals surface area contributed by atoms with E-state index >= 15 is 0 Å². The molecule has 1 N–H and O–H groups in total. The summed E-state index contributed by atoms with van der Waals surface area (Å²) in [6.45, 7) is 4.95. The van der Waals surface area contributed by atoms with Crippen LogP contribution in [0.3, 0.4) is 0 Å². The van der Waals surface area contributed by atoms with E-state index in [0.717, 1.165) is 32.2 Å². The van der Waals surface area contributed by atoms with Crippen LogP contribution in [0.15, 0.2) is 12.1 Å². The van der Waals surface area contributed by atoms with Crippen molar-refractivity contribution in [3.05, 3.63) is 33.1 Å². The van der Waals surface area contributed by atoms with Gasteiger partial charge in [0.15, 0.2) is 0 Å². The lowest BCUT2D eigenvalue weighted by Gasteiger charge is -2.43. The quantitative estimate of drug-likeness (QED) is 0.676. The van der Waals surface area contributed by atoms with Gasteiger partial charge in [-0.1, -0.05) is 11.6 Å². The summed E-state index contributed by atoms with van der Waals surface area (Å²) in [6, 6.07) is 2.82. The lowest BCUT2D eigenvalue weighted by atomic mass is 10.1. The number of hydrogen-bond donors (Lipinski definition) is 1. The summed E-state index contributed by atoms with van der Waals surface area (Å²) >= 11 is 5.65. The number of rotatable bonds is 3. The third-order valence-electron chi connectivity index (χ3n) is 4.15. The molecule has 1 aromatic rings. The first-order chi connectivity index (χ1) is 10.1. The van der Waals surface area contributed by atoms with Crippen LogP contribution in [0.4, 0.5) is 15.8 Å². The van der Waals surface area contributed by atoms with Gasteiger partial charge in [0.05, 0.1) is 9.95 Å². The number of benzene rings is 1. The molecule has 0 spiro atoms. The summed E-state index contributed by atoms with van der Waals surface area (Å²) in [4.78, 5) is 14.9. The van der Waals surface area contributed by atoms with Crippen LogP contribution in [0.25, 0.3) is 0 Å². The van der Waals surface area contributed by atoms with Gasteiger partial charge in [-0.15, -0.1) is 0 Å². The Morgan fingerprint density at radius 1 is 1.29 bits per heavy atom. The molecule has 0 amide bonds. The number of hydrogen-bond acceptors (Lipinski definition) is 5. The molecule has 0 radical (unpaired) electrons. The van der Waals surface area contributed by atoms with Crippen LogP contribution >= 0.6 is 11.6 Å². The molecule has 0 aliphatic carbocycles. The van der Waals surface area contributed by atoms with Gasteiger partial charge in [0.25, 0.3) is 5.69 Å². The van der Waals surface area contributed by atoms with E-state index in [1.54, 1.807) is 0 Å². The number of nitrogens with one attached hydrogen (secondary N) is 1. The van der Waals surface area contributed by atoms with Crippen LogP contribution in [0, 0.1) is 15.9 Å². The highest BCUT2D eigenvalue weighted by Gasteiger charge is 2.30. The van der Waals surface area contributed by atoms with E-state index in [1.807, 2.05) is 4.90 Å². The maximum Gasteiger partial charge on any atom is 0.294 e. The van der Waals surface area contributed by atoms with Gasteiger partial charge in [-0.05, 0) is 0 Å². The van der Waals surface area contributed by atoms with Crippen molar-refractivity contribution in [3.8, 4) is 0 Å². The van der Waals surface area contributed by atoms with E-state index in [4.69, 9.17) is 11.6 Å². The first-order valence-electron chi connectivity index (χ1n) is 6.89. The summed E-state index contributed by atoms with van der Waals surface area (Å²) in [7, 11) is 0. The summed E-state index contributed by atoms with van der Waals surface area (Å²) < 4.78 is 13.6. The van der Waals surface area contributed by atoms with Crippen molar-refractivity contribution >= 4 is 23.0 Å². The molecule has 21 heavy (non-hydrogen) atoms. The maximum absolute atomic E-state index is 13.6. The molecule has 0 aromatic heterocycles. The van der Waals surface area contributed by atoms with E-state index in [9.17, 15) is 14.5 Å². The highest BCUT2D eigenvalue weighted by Crippen LogP contribution is 2.33. The van der Waals surface area contributed by atoms with Crippen LogP contribution in [0.1, 0.15) is 0 Å². The standard InChI is InChI=1S/C13H16ClFN4O2/c14-10-5-13(19(20)21)12(6-11(10)15)18-3-1-17(2-4-18)9-7-16-8-9/h5-6,9,16H,1-4,7-8H2. The molecule has 2 aliphatic rings. The predicted octanol–water partition coefficient (Wildman–Crippen LogP) is 1.48. The number of anilines is 1. The Morgan fingerprint density at radius 3 is 2.48 bits per heavy atom. The lowest BCUT2D eigenvalue weighted by Crippen LogP contribution is -2.61. The Hall–Kier alpha value is -1.44. The van der Waals surface area contributed by atoms with Crippen LogP contribution < -0.4 is 10.2 Å². The highest BCUT2D eigenvalue weighted by atomic mass is 35.5. The average Bonchev–Trinajstić information content (AvgIpc) is 2.40. The molecule has 0 unspecified atom stereocenters. The van der Waals surface area contributed by atoms with Crippen molar-refractivity contribution in [1.29, 1.82) is 0 Å². The van der Waals surface area contributed by atoms with E-state index in [-0.39, 0.29) is 10.7 Å². The topological polar surface area (TPSA) is 61.7 Å². The Balaban J connectivity index is 1.77. The minimum absolute atomic E-state index is 0.139. The third-order valence-corrected chi connectivity index (χ3v) is 4.44. The number of piperazine rings is 1. The van der Waals surface area contributed by atoms with E-state index < -0.39 is 10.7 Å². The Bertz CT molecular complexity index is 559. The highest BCUT2D eigenvalue weighted by molar-refractivity contribution is 6.31. The van der Waals surface area contributed by atoms with Crippen molar-refractivity contribution in [3.63, 3.8) is 0 Å². The molecule has 6 nitrogen and oxygen atoms in total. The zero-order valence-electron chi connectivity index (χ0n) is 11.4. The second kappa shape index (κ2) is 5.75. The average molecular weight is 315 g/mol. The molecular weight excluding hydrogens is 299 g/mol. The van der Waals surface area contributed by atoms with Crippen molar-refractivity contribution in [2.45, 2.75) is 6.04 Å². The molecule has 114 valence electrons. The Kier molecular flexibility index (Phi) is 3.97. The van der Waals surface area contributed by atoms with E-state index in [2.05, 4.69) is 10.2 Å². The minimum atomic E-state index is -0.622. The molecule has 0 atom stereocenters. The summed E-state index contributed by atoms with van der Waals surface area (Å²) in [6.07, 6.45) is 0. The first-order valence-corrected chi connectivity index (χ1v) is 7.27. The molecule has 0 bridgehead atoms. The number of nitrogens with zero attached hydrogens (tertiary/aromatic N) is 3. The van der Waals surface area contributed by atoms with Gasteiger partial charge in [0.1, 0.15) is 11.5 Å². The largest absolute Gasteiger partial charge is 0.363 e. The van der Waals surface area contributed by atoms with E-state index in [1.165, 1.54) is 6.07 Å². The first kappa shape index (κ1) is 14.5.